The first-order valence-electron chi connectivity index (χ1n) is 5.61. The highest BCUT2D eigenvalue weighted by Gasteiger charge is 2.35. The van der Waals surface area contributed by atoms with E-state index in [1.54, 1.807) is 0 Å². The standard InChI is InChI=1S/C11H10BrClN2O5S/c1-20-11-7(12)2-6(13)3-8(11)21(18,19)15-4-9(16)14-10(17)5-15/h2-3H,4-5H2,1H3,(H,14,16,17). The van der Waals surface area contributed by atoms with Crippen molar-refractivity contribution in [2.24, 2.45) is 0 Å². The molecule has 0 bridgehead atoms. The van der Waals surface area contributed by atoms with E-state index in [0.717, 1.165) is 4.31 Å². The molecular weight excluding hydrogens is 388 g/mol. The second-order valence-corrected chi connectivity index (χ2v) is 7.36. The third kappa shape index (κ3) is 3.20. The number of nitrogens with one attached hydrogen (secondary N) is 1. The Morgan fingerprint density at radius 2 is 1.86 bits per heavy atom. The number of methoxy groups -OCH3 is 1. The zero-order chi connectivity index (χ0) is 15.8. The number of amides is 2. The van der Waals surface area contributed by atoms with Gasteiger partial charge in [0.1, 0.15) is 4.90 Å². The van der Waals surface area contributed by atoms with E-state index in [1.165, 1.54) is 19.2 Å². The first-order valence-corrected chi connectivity index (χ1v) is 8.22. The minimum Gasteiger partial charge on any atom is -0.494 e. The molecule has 0 saturated carbocycles. The molecule has 7 nitrogen and oxygen atoms in total. The Labute approximate surface area is 134 Å². The summed E-state index contributed by atoms with van der Waals surface area (Å²) in [6, 6.07) is 2.69. The molecule has 1 heterocycles. The van der Waals surface area contributed by atoms with Crippen molar-refractivity contribution in [3.05, 3.63) is 21.6 Å². The molecule has 0 aromatic heterocycles. The molecule has 2 rings (SSSR count). The molecule has 0 atom stereocenters. The molecule has 1 aromatic rings. The van der Waals surface area contributed by atoms with Crippen molar-refractivity contribution >= 4 is 49.4 Å². The maximum absolute atomic E-state index is 12.6. The quantitative estimate of drug-likeness (QED) is 0.760. The normalized spacial score (nSPS) is 16.7. The van der Waals surface area contributed by atoms with Crippen LogP contribution in [0.1, 0.15) is 0 Å². The number of benzene rings is 1. The number of ether oxygens (including phenoxy) is 1. The lowest BCUT2D eigenvalue weighted by molar-refractivity contribution is -0.134. The van der Waals surface area contributed by atoms with E-state index in [0.29, 0.717) is 4.47 Å². The maximum atomic E-state index is 12.6. The van der Waals surface area contributed by atoms with Crippen molar-refractivity contribution in [3.63, 3.8) is 0 Å². The topological polar surface area (TPSA) is 92.8 Å². The minimum atomic E-state index is -4.10. The Morgan fingerprint density at radius 3 is 2.38 bits per heavy atom. The molecule has 1 fully saturated rings. The number of carbonyl (C=O) groups excluding carboxylic acids is 2. The van der Waals surface area contributed by atoms with Crippen LogP contribution in [0.25, 0.3) is 0 Å². The summed E-state index contributed by atoms with van der Waals surface area (Å²) in [7, 11) is -2.80. The Bertz CT molecular complexity index is 706. The SMILES string of the molecule is COc1c(Br)cc(Cl)cc1S(=O)(=O)N1CC(=O)NC(=O)C1. The summed E-state index contributed by atoms with van der Waals surface area (Å²) in [6.45, 7) is -0.886. The molecule has 1 aromatic carbocycles. The molecule has 0 radical (unpaired) electrons. The van der Waals surface area contributed by atoms with Gasteiger partial charge in [0.25, 0.3) is 0 Å². The number of halogens is 2. The van der Waals surface area contributed by atoms with Gasteiger partial charge in [0, 0.05) is 5.02 Å². The van der Waals surface area contributed by atoms with Crippen molar-refractivity contribution in [3.8, 4) is 5.75 Å². The van der Waals surface area contributed by atoms with Crippen LogP contribution >= 0.6 is 27.5 Å². The highest BCUT2D eigenvalue weighted by Crippen LogP contribution is 2.36. The predicted octanol–water partition coefficient (Wildman–Crippen LogP) is 0.758. The number of piperazine rings is 1. The van der Waals surface area contributed by atoms with Crippen LogP contribution in [-0.2, 0) is 19.6 Å². The summed E-state index contributed by atoms with van der Waals surface area (Å²) in [4.78, 5) is 22.5. The second-order valence-electron chi connectivity index (χ2n) is 4.16. The first-order chi connectivity index (χ1) is 9.75. The number of sulfonamides is 1. The van der Waals surface area contributed by atoms with Crippen LogP contribution in [0.5, 0.6) is 5.75 Å². The average molecular weight is 398 g/mol. The number of hydrogen-bond acceptors (Lipinski definition) is 5. The van der Waals surface area contributed by atoms with E-state index in [9.17, 15) is 18.0 Å². The second kappa shape index (κ2) is 5.91. The van der Waals surface area contributed by atoms with E-state index < -0.39 is 34.9 Å². The van der Waals surface area contributed by atoms with Crippen LogP contribution in [0.3, 0.4) is 0 Å². The molecule has 0 aliphatic carbocycles. The third-order valence-corrected chi connectivity index (χ3v) is 5.32. The molecular formula is C11H10BrClN2O5S. The van der Waals surface area contributed by atoms with Crippen LogP contribution in [0.15, 0.2) is 21.5 Å². The molecule has 1 aliphatic heterocycles. The number of imide groups is 1. The van der Waals surface area contributed by atoms with Gasteiger partial charge in [-0.2, -0.15) is 4.31 Å². The van der Waals surface area contributed by atoms with E-state index in [-0.39, 0.29) is 15.7 Å². The minimum absolute atomic E-state index is 0.0535. The summed E-state index contributed by atoms with van der Waals surface area (Å²) in [6.07, 6.45) is 0. The number of nitrogens with zero attached hydrogens (tertiary/aromatic N) is 1. The lowest BCUT2D eigenvalue weighted by Gasteiger charge is -2.25. The Morgan fingerprint density at radius 1 is 1.29 bits per heavy atom. The van der Waals surface area contributed by atoms with Gasteiger partial charge < -0.3 is 4.74 Å². The van der Waals surface area contributed by atoms with Gasteiger partial charge in [0.2, 0.25) is 21.8 Å². The van der Waals surface area contributed by atoms with Crippen LogP contribution in [0, 0.1) is 0 Å². The van der Waals surface area contributed by atoms with Crippen LogP contribution < -0.4 is 10.1 Å². The monoisotopic (exact) mass is 396 g/mol. The molecule has 21 heavy (non-hydrogen) atoms. The van der Waals surface area contributed by atoms with Gasteiger partial charge in [0.05, 0.1) is 24.7 Å². The van der Waals surface area contributed by atoms with Gasteiger partial charge >= 0.3 is 0 Å². The Balaban J connectivity index is 2.54. The predicted molar refractivity (Wildman–Crippen MR) is 77.6 cm³/mol. The zero-order valence-electron chi connectivity index (χ0n) is 10.7. The number of carbonyl (C=O) groups is 2. The number of hydrogen-bond donors (Lipinski definition) is 1. The van der Waals surface area contributed by atoms with Crippen molar-refractivity contribution < 1.29 is 22.7 Å². The van der Waals surface area contributed by atoms with E-state index >= 15 is 0 Å². The summed E-state index contributed by atoms with van der Waals surface area (Å²) in [5.74, 6) is -1.32. The van der Waals surface area contributed by atoms with E-state index in [2.05, 4.69) is 15.9 Å². The summed E-state index contributed by atoms with van der Waals surface area (Å²) in [5.41, 5.74) is 0. The lowest BCUT2D eigenvalue weighted by Crippen LogP contribution is -2.53. The lowest BCUT2D eigenvalue weighted by atomic mass is 10.3. The van der Waals surface area contributed by atoms with E-state index in [1.807, 2.05) is 5.32 Å². The van der Waals surface area contributed by atoms with Crippen LogP contribution in [-0.4, -0.2) is 44.7 Å². The van der Waals surface area contributed by atoms with Crippen molar-refractivity contribution in [1.29, 1.82) is 0 Å². The van der Waals surface area contributed by atoms with E-state index in [4.69, 9.17) is 16.3 Å². The average Bonchev–Trinajstić information content (AvgIpc) is 2.36. The van der Waals surface area contributed by atoms with Gasteiger partial charge in [0.15, 0.2) is 5.75 Å². The van der Waals surface area contributed by atoms with Gasteiger partial charge in [-0.15, -0.1) is 0 Å². The Kier molecular flexibility index (Phi) is 4.57. The van der Waals surface area contributed by atoms with Crippen molar-refractivity contribution in [2.45, 2.75) is 4.90 Å². The molecule has 1 aliphatic rings. The van der Waals surface area contributed by atoms with Gasteiger partial charge in [-0.1, -0.05) is 11.6 Å². The van der Waals surface area contributed by atoms with Gasteiger partial charge in [-0.3, -0.25) is 14.9 Å². The summed E-state index contributed by atoms with van der Waals surface area (Å²) in [5, 5.41) is 2.21. The number of rotatable bonds is 3. The van der Waals surface area contributed by atoms with Gasteiger partial charge in [-0.05, 0) is 28.1 Å². The molecule has 2 amide bonds. The zero-order valence-corrected chi connectivity index (χ0v) is 13.9. The molecule has 1 N–H and O–H groups in total. The summed E-state index contributed by atoms with van der Waals surface area (Å²) >= 11 is 9.03. The van der Waals surface area contributed by atoms with Crippen LogP contribution in [0.2, 0.25) is 5.02 Å². The fraction of sp³-hybridized carbons (Fsp3) is 0.273. The molecule has 0 unspecified atom stereocenters. The van der Waals surface area contributed by atoms with Gasteiger partial charge in [-0.25, -0.2) is 8.42 Å². The molecule has 0 spiro atoms. The molecule has 10 heteroatoms. The van der Waals surface area contributed by atoms with Crippen LogP contribution in [0.4, 0.5) is 0 Å². The smallest absolute Gasteiger partial charge is 0.247 e. The van der Waals surface area contributed by atoms with Crippen molar-refractivity contribution in [2.75, 3.05) is 20.2 Å². The largest absolute Gasteiger partial charge is 0.494 e. The summed E-state index contributed by atoms with van der Waals surface area (Å²) < 4.78 is 31.4. The maximum Gasteiger partial charge on any atom is 0.247 e. The van der Waals surface area contributed by atoms with Crippen molar-refractivity contribution in [1.82, 2.24) is 9.62 Å². The molecule has 1 saturated heterocycles. The first kappa shape index (κ1) is 16.2. The Hall–Kier alpha value is -1.16. The highest BCUT2D eigenvalue weighted by atomic mass is 79.9. The fourth-order valence-corrected chi connectivity index (χ4v) is 4.57. The third-order valence-electron chi connectivity index (χ3n) is 2.72. The highest BCUT2D eigenvalue weighted by molar-refractivity contribution is 9.10. The molecule has 114 valence electrons. The fourth-order valence-electron chi connectivity index (χ4n) is 1.85.